The third-order valence-electron chi connectivity index (χ3n) is 3.14. The molecule has 0 aliphatic rings. The van der Waals surface area contributed by atoms with Gasteiger partial charge in [-0.25, -0.2) is 9.97 Å². The molecule has 6 heteroatoms. The Hall–Kier alpha value is -2.50. The molecule has 3 aromatic rings. The summed E-state index contributed by atoms with van der Waals surface area (Å²) < 4.78 is 31.3. The minimum Gasteiger partial charge on any atom is -0.434 e. The molecule has 0 saturated heterocycles. The van der Waals surface area contributed by atoms with E-state index in [0.29, 0.717) is 17.0 Å². The Morgan fingerprint density at radius 1 is 1.14 bits per heavy atom. The van der Waals surface area contributed by atoms with E-state index in [-0.39, 0.29) is 5.75 Å². The van der Waals surface area contributed by atoms with Crippen molar-refractivity contribution in [1.29, 1.82) is 0 Å². The third kappa shape index (κ3) is 2.56. The molecule has 0 bridgehead atoms. The van der Waals surface area contributed by atoms with Gasteiger partial charge in [0.15, 0.2) is 0 Å². The number of hydrogen-bond donors (Lipinski definition) is 0. The Morgan fingerprint density at radius 2 is 1.90 bits per heavy atom. The van der Waals surface area contributed by atoms with Gasteiger partial charge in [0, 0.05) is 23.1 Å². The number of para-hydroxylation sites is 1. The maximum Gasteiger partial charge on any atom is 0.387 e. The van der Waals surface area contributed by atoms with Crippen molar-refractivity contribution in [3.63, 3.8) is 0 Å². The van der Waals surface area contributed by atoms with Gasteiger partial charge < -0.3 is 4.74 Å². The van der Waals surface area contributed by atoms with Crippen LogP contribution in [0.3, 0.4) is 0 Å². The molecule has 0 saturated carbocycles. The van der Waals surface area contributed by atoms with E-state index in [2.05, 4.69) is 14.7 Å². The number of hydrogen-bond acceptors (Lipinski definition) is 3. The van der Waals surface area contributed by atoms with Crippen LogP contribution in [0.5, 0.6) is 5.75 Å². The van der Waals surface area contributed by atoms with Crippen LogP contribution in [0.15, 0.2) is 36.5 Å². The van der Waals surface area contributed by atoms with E-state index < -0.39 is 6.61 Å². The van der Waals surface area contributed by atoms with Crippen molar-refractivity contribution in [2.75, 3.05) is 0 Å². The first kappa shape index (κ1) is 13.5. The minimum atomic E-state index is -2.87. The van der Waals surface area contributed by atoms with Gasteiger partial charge in [-0.05, 0) is 32.0 Å². The van der Waals surface area contributed by atoms with Crippen LogP contribution in [-0.4, -0.2) is 21.0 Å². The molecule has 108 valence electrons. The number of aryl methyl sites for hydroxylation is 2. The van der Waals surface area contributed by atoms with E-state index in [4.69, 9.17) is 0 Å². The summed E-state index contributed by atoms with van der Waals surface area (Å²) in [5.74, 6) is 0.639. The van der Waals surface area contributed by atoms with Crippen molar-refractivity contribution >= 4 is 5.78 Å². The van der Waals surface area contributed by atoms with Crippen molar-refractivity contribution < 1.29 is 13.5 Å². The lowest BCUT2D eigenvalue weighted by Gasteiger charge is -2.08. The molecule has 4 nitrogen and oxygen atoms in total. The van der Waals surface area contributed by atoms with Gasteiger partial charge in [0.25, 0.3) is 0 Å². The van der Waals surface area contributed by atoms with Gasteiger partial charge in [-0.15, -0.1) is 0 Å². The van der Waals surface area contributed by atoms with Crippen LogP contribution in [0.1, 0.15) is 11.4 Å². The summed E-state index contributed by atoms with van der Waals surface area (Å²) in [6, 6.07) is 8.52. The van der Waals surface area contributed by atoms with Crippen LogP contribution < -0.4 is 4.74 Å². The molecule has 21 heavy (non-hydrogen) atoms. The molecule has 0 radical (unpaired) electrons. The normalized spacial score (nSPS) is 11.3. The Balaban J connectivity index is 2.15. The Kier molecular flexibility index (Phi) is 3.29. The Bertz CT molecular complexity index is 799. The quantitative estimate of drug-likeness (QED) is 0.739. The Morgan fingerprint density at radius 3 is 2.67 bits per heavy atom. The van der Waals surface area contributed by atoms with Gasteiger partial charge in [-0.2, -0.15) is 8.78 Å². The molecule has 0 aliphatic carbocycles. The van der Waals surface area contributed by atoms with Gasteiger partial charge in [0.2, 0.25) is 5.78 Å². The summed E-state index contributed by atoms with van der Waals surface area (Å²) in [6.45, 7) is 0.953. The molecule has 0 unspecified atom stereocenters. The van der Waals surface area contributed by atoms with E-state index in [1.165, 1.54) is 6.07 Å². The van der Waals surface area contributed by atoms with Crippen LogP contribution in [-0.2, 0) is 0 Å². The minimum absolute atomic E-state index is 0.102. The first-order chi connectivity index (χ1) is 10.0. The second-order valence-corrected chi connectivity index (χ2v) is 4.71. The van der Waals surface area contributed by atoms with E-state index in [1.54, 1.807) is 24.4 Å². The van der Waals surface area contributed by atoms with Crippen molar-refractivity contribution in [3.05, 3.63) is 47.9 Å². The Labute approximate surface area is 120 Å². The average molecular weight is 289 g/mol. The summed E-state index contributed by atoms with van der Waals surface area (Å²) in [6.07, 6.45) is 1.77. The molecular formula is C15H13F2N3O. The van der Waals surface area contributed by atoms with Crippen LogP contribution in [0.2, 0.25) is 0 Å². The summed E-state index contributed by atoms with van der Waals surface area (Å²) in [7, 11) is 0. The molecule has 0 aliphatic heterocycles. The summed E-state index contributed by atoms with van der Waals surface area (Å²) in [5.41, 5.74) is 2.89. The predicted molar refractivity (Wildman–Crippen MR) is 74.5 cm³/mol. The van der Waals surface area contributed by atoms with E-state index >= 15 is 0 Å². The number of benzene rings is 1. The van der Waals surface area contributed by atoms with Crippen molar-refractivity contribution in [1.82, 2.24) is 14.4 Å². The number of ether oxygens (including phenoxy) is 1. The molecule has 2 aromatic heterocycles. The lowest BCUT2D eigenvalue weighted by Crippen LogP contribution is -2.03. The molecule has 0 fully saturated rings. The highest BCUT2D eigenvalue weighted by molar-refractivity contribution is 5.68. The van der Waals surface area contributed by atoms with Crippen molar-refractivity contribution in [2.24, 2.45) is 0 Å². The van der Waals surface area contributed by atoms with E-state index in [9.17, 15) is 8.78 Å². The number of imidazole rings is 1. The summed E-state index contributed by atoms with van der Waals surface area (Å²) >= 11 is 0. The van der Waals surface area contributed by atoms with Crippen LogP contribution in [0.25, 0.3) is 17.0 Å². The highest BCUT2D eigenvalue weighted by Gasteiger charge is 2.14. The van der Waals surface area contributed by atoms with Crippen LogP contribution in [0.4, 0.5) is 8.78 Å². The number of halogens is 2. The lowest BCUT2D eigenvalue weighted by atomic mass is 10.1. The van der Waals surface area contributed by atoms with Gasteiger partial charge in [-0.1, -0.05) is 12.1 Å². The zero-order valence-corrected chi connectivity index (χ0v) is 11.5. The molecule has 0 N–H and O–H groups in total. The smallest absolute Gasteiger partial charge is 0.387 e. The molecule has 3 rings (SSSR count). The molecule has 1 aromatic carbocycles. The molecular weight excluding hydrogens is 276 g/mol. The summed E-state index contributed by atoms with van der Waals surface area (Å²) in [4.78, 5) is 8.74. The van der Waals surface area contributed by atoms with Gasteiger partial charge in [-0.3, -0.25) is 4.40 Å². The second-order valence-electron chi connectivity index (χ2n) is 4.71. The zero-order valence-electron chi connectivity index (χ0n) is 11.5. The number of fused-ring (bicyclic) bond motifs is 1. The number of rotatable bonds is 3. The standard InChI is InChI=1S/C15H13F2N3O/c1-9-7-10(2)20-8-12(19-15(20)18-9)11-5-3-4-6-13(11)21-14(16)17/h3-8,14H,1-2H3. The third-order valence-corrected chi connectivity index (χ3v) is 3.14. The maximum absolute atomic E-state index is 12.5. The van der Waals surface area contributed by atoms with Gasteiger partial charge in [0.1, 0.15) is 5.75 Å². The van der Waals surface area contributed by atoms with Gasteiger partial charge in [0.05, 0.1) is 5.69 Å². The molecule has 0 atom stereocenters. The molecule has 0 spiro atoms. The van der Waals surface area contributed by atoms with E-state index in [0.717, 1.165) is 11.4 Å². The summed E-state index contributed by atoms with van der Waals surface area (Å²) in [5, 5.41) is 0. The predicted octanol–water partition coefficient (Wildman–Crippen LogP) is 3.61. The highest BCUT2D eigenvalue weighted by atomic mass is 19.3. The van der Waals surface area contributed by atoms with E-state index in [1.807, 2.05) is 24.3 Å². The number of alkyl halides is 2. The first-order valence-corrected chi connectivity index (χ1v) is 6.42. The SMILES string of the molecule is Cc1cc(C)n2cc(-c3ccccc3OC(F)F)nc2n1. The fourth-order valence-electron chi connectivity index (χ4n) is 2.28. The zero-order chi connectivity index (χ0) is 15.0. The number of nitrogens with zero attached hydrogens (tertiary/aromatic N) is 3. The van der Waals surface area contributed by atoms with Gasteiger partial charge >= 0.3 is 6.61 Å². The average Bonchev–Trinajstić information content (AvgIpc) is 2.82. The van der Waals surface area contributed by atoms with Crippen LogP contribution in [0, 0.1) is 13.8 Å². The lowest BCUT2D eigenvalue weighted by molar-refractivity contribution is -0.0494. The second kappa shape index (κ2) is 5.12. The topological polar surface area (TPSA) is 39.4 Å². The highest BCUT2D eigenvalue weighted by Crippen LogP contribution is 2.30. The fraction of sp³-hybridized carbons (Fsp3) is 0.200. The maximum atomic E-state index is 12.5. The number of aromatic nitrogens is 3. The van der Waals surface area contributed by atoms with Crippen molar-refractivity contribution in [2.45, 2.75) is 20.5 Å². The van der Waals surface area contributed by atoms with Crippen LogP contribution >= 0.6 is 0 Å². The molecule has 2 heterocycles. The van der Waals surface area contributed by atoms with Crippen molar-refractivity contribution in [3.8, 4) is 17.0 Å². The fourth-order valence-corrected chi connectivity index (χ4v) is 2.28. The first-order valence-electron chi connectivity index (χ1n) is 6.42. The largest absolute Gasteiger partial charge is 0.434 e. The monoisotopic (exact) mass is 289 g/mol. The molecule has 0 amide bonds.